The molecule has 0 saturated carbocycles. The molecule has 74 valence electrons. The van der Waals surface area contributed by atoms with Gasteiger partial charge in [-0.15, -0.1) is 0 Å². The van der Waals surface area contributed by atoms with Crippen LogP contribution in [-0.4, -0.2) is 17.5 Å². The Morgan fingerprint density at radius 3 is 2.54 bits per heavy atom. The van der Waals surface area contributed by atoms with Gasteiger partial charge in [-0.3, -0.25) is 4.55 Å². The summed E-state index contributed by atoms with van der Waals surface area (Å²) in [6.07, 6.45) is 5.28. The lowest BCUT2D eigenvalue weighted by Crippen LogP contribution is -2.41. The maximum absolute atomic E-state index is 10.9. The highest BCUT2D eigenvalue weighted by Crippen LogP contribution is 2.09. The largest absolute Gasteiger partial charge is 0.307 e. The third-order valence-electron chi connectivity index (χ3n) is 1.82. The number of hydrogen-bond donors (Lipinski definition) is 1. The van der Waals surface area contributed by atoms with Gasteiger partial charge in [0, 0.05) is 6.42 Å². The Balaban J connectivity index is 3.05. The number of hydrogen-bond acceptors (Lipinski definition) is 2. The predicted octanol–water partition coefficient (Wildman–Crippen LogP) is 0.109. The zero-order valence-electron chi connectivity index (χ0n) is 7.58. The highest BCUT2D eigenvalue weighted by Gasteiger charge is 2.27. The molecule has 1 heterocycles. The SMILES string of the molecule is CCC([n+]1ccn(C)c1)S(=O)(=O)O. The van der Waals surface area contributed by atoms with E-state index in [0.29, 0.717) is 6.42 Å². The molecule has 1 aromatic rings. The Labute approximate surface area is 77.4 Å². The molecule has 0 spiro atoms. The van der Waals surface area contributed by atoms with E-state index in [1.54, 1.807) is 37.3 Å². The molecule has 1 N–H and O–H groups in total. The van der Waals surface area contributed by atoms with Gasteiger partial charge in [-0.1, -0.05) is 6.92 Å². The van der Waals surface area contributed by atoms with Crippen LogP contribution in [0.3, 0.4) is 0 Å². The summed E-state index contributed by atoms with van der Waals surface area (Å²) in [5.74, 6) is 0. The topological polar surface area (TPSA) is 63.2 Å². The molecule has 0 radical (unpaired) electrons. The molecule has 6 heteroatoms. The van der Waals surface area contributed by atoms with Crippen molar-refractivity contribution in [2.45, 2.75) is 18.7 Å². The summed E-state index contributed by atoms with van der Waals surface area (Å²) in [7, 11) is -2.22. The lowest BCUT2D eigenvalue weighted by Gasteiger charge is -2.06. The number of imidazole rings is 1. The molecule has 0 fully saturated rings. The second-order valence-electron chi connectivity index (χ2n) is 2.90. The third-order valence-corrected chi connectivity index (χ3v) is 3.08. The van der Waals surface area contributed by atoms with E-state index in [1.807, 2.05) is 0 Å². The van der Waals surface area contributed by atoms with Crippen LogP contribution < -0.4 is 4.57 Å². The summed E-state index contributed by atoms with van der Waals surface area (Å²) < 4.78 is 33.9. The van der Waals surface area contributed by atoms with Crippen molar-refractivity contribution in [1.82, 2.24) is 4.57 Å². The number of nitrogens with zero attached hydrogens (tertiary/aromatic N) is 2. The first kappa shape index (κ1) is 10.2. The summed E-state index contributed by atoms with van der Waals surface area (Å²) >= 11 is 0. The molecule has 0 bridgehead atoms. The Morgan fingerprint density at radius 1 is 1.62 bits per heavy atom. The lowest BCUT2D eigenvalue weighted by molar-refractivity contribution is -0.701. The van der Waals surface area contributed by atoms with Crippen molar-refractivity contribution in [3.05, 3.63) is 18.7 Å². The predicted molar refractivity (Wildman–Crippen MR) is 46.5 cm³/mol. The van der Waals surface area contributed by atoms with Gasteiger partial charge in [0.1, 0.15) is 12.4 Å². The molecule has 5 nitrogen and oxygen atoms in total. The van der Waals surface area contributed by atoms with Crippen molar-refractivity contribution < 1.29 is 17.5 Å². The van der Waals surface area contributed by atoms with Crippen LogP contribution in [0.15, 0.2) is 18.7 Å². The third kappa shape index (κ3) is 2.28. The minimum atomic E-state index is -4.01. The van der Waals surface area contributed by atoms with E-state index in [0.717, 1.165) is 0 Å². The van der Waals surface area contributed by atoms with E-state index < -0.39 is 15.5 Å². The number of rotatable bonds is 3. The van der Waals surface area contributed by atoms with Crippen molar-refractivity contribution in [3.8, 4) is 0 Å². The van der Waals surface area contributed by atoms with E-state index in [9.17, 15) is 8.42 Å². The van der Waals surface area contributed by atoms with Gasteiger partial charge in [-0.2, -0.15) is 8.42 Å². The summed E-state index contributed by atoms with van der Waals surface area (Å²) in [4.78, 5) is 0. The second kappa shape index (κ2) is 3.47. The number of aromatic nitrogens is 2. The monoisotopic (exact) mass is 205 g/mol. The van der Waals surface area contributed by atoms with Crippen molar-refractivity contribution in [2.24, 2.45) is 7.05 Å². The van der Waals surface area contributed by atoms with Crippen molar-refractivity contribution in [2.75, 3.05) is 0 Å². The van der Waals surface area contributed by atoms with E-state index >= 15 is 0 Å². The molecule has 13 heavy (non-hydrogen) atoms. The Morgan fingerprint density at radius 2 is 2.23 bits per heavy atom. The van der Waals surface area contributed by atoms with Gasteiger partial charge in [0.25, 0.3) is 0 Å². The van der Waals surface area contributed by atoms with Crippen LogP contribution in [0.25, 0.3) is 0 Å². The van der Waals surface area contributed by atoms with Gasteiger partial charge < -0.3 is 0 Å². The first-order chi connectivity index (χ1) is 5.95. The zero-order chi connectivity index (χ0) is 10.1. The number of aryl methyl sites for hydroxylation is 1. The van der Waals surface area contributed by atoms with E-state index in [-0.39, 0.29) is 0 Å². The molecule has 0 saturated heterocycles. The van der Waals surface area contributed by atoms with Gasteiger partial charge in [0.05, 0.1) is 7.05 Å². The van der Waals surface area contributed by atoms with Crippen molar-refractivity contribution >= 4 is 10.1 Å². The molecule has 1 unspecified atom stereocenters. The molecule has 1 aromatic heterocycles. The Hall–Kier alpha value is -0.880. The van der Waals surface area contributed by atoms with E-state index in [1.165, 1.54) is 4.57 Å². The molecule has 0 aliphatic rings. The smallest absolute Gasteiger partial charge is 0.282 e. The highest BCUT2D eigenvalue weighted by atomic mass is 32.2. The first-order valence-electron chi connectivity index (χ1n) is 3.94. The van der Waals surface area contributed by atoms with Crippen LogP contribution >= 0.6 is 0 Å². The van der Waals surface area contributed by atoms with Gasteiger partial charge in [-0.25, -0.2) is 9.13 Å². The molecular formula is C7H13N2O3S+. The lowest BCUT2D eigenvalue weighted by atomic mass is 10.5. The van der Waals surface area contributed by atoms with Crippen LogP contribution in [0.4, 0.5) is 0 Å². The van der Waals surface area contributed by atoms with Crippen LogP contribution in [0, 0.1) is 0 Å². The summed E-state index contributed by atoms with van der Waals surface area (Å²) in [5.41, 5.74) is 0. The first-order valence-corrected chi connectivity index (χ1v) is 5.44. The highest BCUT2D eigenvalue weighted by molar-refractivity contribution is 7.85. The van der Waals surface area contributed by atoms with Crippen molar-refractivity contribution in [3.63, 3.8) is 0 Å². The fourth-order valence-electron chi connectivity index (χ4n) is 1.22. The van der Waals surface area contributed by atoms with Crippen molar-refractivity contribution in [1.29, 1.82) is 0 Å². The Kier molecular flexibility index (Phi) is 2.72. The molecule has 1 rings (SSSR count). The Bertz CT molecular complexity index is 382. The van der Waals surface area contributed by atoms with E-state index in [2.05, 4.69) is 0 Å². The van der Waals surface area contributed by atoms with Gasteiger partial charge >= 0.3 is 10.1 Å². The average molecular weight is 205 g/mol. The van der Waals surface area contributed by atoms with Crippen LogP contribution in [0.1, 0.15) is 18.7 Å². The maximum Gasteiger partial charge on any atom is 0.307 e. The molecule has 1 atom stereocenters. The fraction of sp³-hybridized carbons (Fsp3) is 0.571. The molecular weight excluding hydrogens is 192 g/mol. The van der Waals surface area contributed by atoms with Crippen LogP contribution in [0.2, 0.25) is 0 Å². The van der Waals surface area contributed by atoms with Gasteiger partial charge in [0.15, 0.2) is 0 Å². The summed E-state index contributed by atoms with van der Waals surface area (Å²) in [5, 5.41) is -0.881. The average Bonchev–Trinajstić information content (AvgIpc) is 2.34. The fourth-order valence-corrected chi connectivity index (χ4v) is 2.07. The second-order valence-corrected chi connectivity index (χ2v) is 4.48. The minimum absolute atomic E-state index is 0.341. The van der Waals surface area contributed by atoms with E-state index in [4.69, 9.17) is 4.55 Å². The molecule has 0 aromatic carbocycles. The maximum atomic E-state index is 10.9. The quantitative estimate of drug-likeness (QED) is 0.562. The molecule has 0 amide bonds. The molecule has 0 aliphatic heterocycles. The molecule has 0 aliphatic carbocycles. The van der Waals surface area contributed by atoms with Crippen LogP contribution in [0.5, 0.6) is 0 Å². The minimum Gasteiger partial charge on any atom is -0.282 e. The van der Waals surface area contributed by atoms with Gasteiger partial charge in [0.2, 0.25) is 11.7 Å². The normalized spacial score (nSPS) is 14.4. The van der Waals surface area contributed by atoms with Crippen LogP contribution in [-0.2, 0) is 17.2 Å². The summed E-state index contributed by atoms with van der Waals surface area (Å²) in [6.45, 7) is 1.71. The zero-order valence-corrected chi connectivity index (χ0v) is 8.40. The summed E-state index contributed by atoms with van der Waals surface area (Å²) in [6, 6.07) is 0. The standard InChI is InChI=1S/C7H12N2O3S/c1-3-7(13(10,11)12)9-5-4-8(2)6-9/h4-7H,3H2,1-2H3/p+1. The van der Waals surface area contributed by atoms with Gasteiger partial charge in [-0.05, 0) is 0 Å².